The quantitative estimate of drug-likeness (QED) is 0.307. The Morgan fingerprint density at radius 3 is 2.69 bits per heavy atom. The van der Waals surface area contributed by atoms with Crippen LogP contribution in [0.15, 0.2) is 5.16 Å². The van der Waals surface area contributed by atoms with Gasteiger partial charge in [0.2, 0.25) is 5.91 Å². The first-order valence-corrected chi connectivity index (χ1v) is 5.52. The molecule has 92 valence electrons. The number of carbonyl (C=O) groups is 1. The Morgan fingerprint density at radius 2 is 2.19 bits per heavy atom. The molecule has 1 heterocycles. The highest BCUT2D eigenvalue weighted by Gasteiger charge is 2.25. The fourth-order valence-corrected chi connectivity index (χ4v) is 1.78. The molecule has 1 fully saturated rings. The smallest absolute Gasteiger partial charge is 0.226 e. The van der Waals surface area contributed by atoms with Gasteiger partial charge in [0.05, 0.1) is 6.54 Å². The molecule has 0 aromatic heterocycles. The van der Waals surface area contributed by atoms with E-state index < -0.39 is 0 Å². The maximum Gasteiger partial charge on any atom is 0.226 e. The van der Waals surface area contributed by atoms with Crippen molar-refractivity contribution in [3.63, 3.8) is 0 Å². The number of nitrogens with two attached hydrogens (primary N) is 1. The highest BCUT2D eigenvalue weighted by molar-refractivity contribution is 5.87. The summed E-state index contributed by atoms with van der Waals surface area (Å²) < 4.78 is 5.21. The molecule has 0 atom stereocenters. The van der Waals surface area contributed by atoms with Crippen molar-refractivity contribution < 1.29 is 14.7 Å². The Hall–Kier alpha value is -1.30. The summed E-state index contributed by atoms with van der Waals surface area (Å²) in [6.07, 6.45) is 1.51. The average molecular weight is 229 g/mol. The predicted molar refractivity (Wildman–Crippen MR) is 59.2 cm³/mol. The zero-order valence-electron chi connectivity index (χ0n) is 9.56. The Bertz CT molecular complexity index is 262. The molecule has 6 nitrogen and oxygen atoms in total. The van der Waals surface area contributed by atoms with E-state index in [0.717, 1.165) is 12.8 Å². The lowest BCUT2D eigenvalue weighted by molar-refractivity contribution is -0.137. The second kappa shape index (κ2) is 6.32. The second-order valence-corrected chi connectivity index (χ2v) is 3.83. The van der Waals surface area contributed by atoms with E-state index in [2.05, 4.69) is 5.16 Å². The second-order valence-electron chi connectivity index (χ2n) is 3.83. The van der Waals surface area contributed by atoms with Crippen LogP contribution in [0.5, 0.6) is 0 Å². The van der Waals surface area contributed by atoms with Crippen molar-refractivity contribution in [1.82, 2.24) is 4.90 Å². The van der Waals surface area contributed by atoms with E-state index in [1.54, 1.807) is 4.90 Å². The van der Waals surface area contributed by atoms with E-state index in [-0.39, 0.29) is 24.2 Å². The SMILES string of the molecule is CCN(CC(N)=NO)C(=O)C1CCOCC1. The molecule has 1 amide bonds. The normalized spacial score (nSPS) is 18.4. The van der Waals surface area contributed by atoms with Crippen molar-refractivity contribution in [2.24, 2.45) is 16.8 Å². The minimum atomic E-state index is 0.0141. The maximum atomic E-state index is 12.1. The molecule has 3 N–H and O–H groups in total. The molecule has 0 aromatic carbocycles. The van der Waals surface area contributed by atoms with Crippen LogP contribution in [0.25, 0.3) is 0 Å². The number of amidine groups is 1. The fourth-order valence-electron chi connectivity index (χ4n) is 1.78. The van der Waals surface area contributed by atoms with E-state index in [1.807, 2.05) is 6.92 Å². The van der Waals surface area contributed by atoms with Crippen LogP contribution in [-0.2, 0) is 9.53 Å². The zero-order valence-corrected chi connectivity index (χ0v) is 9.56. The van der Waals surface area contributed by atoms with E-state index in [9.17, 15) is 4.79 Å². The number of hydrogen-bond donors (Lipinski definition) is 2. The van der Waals surface area contributed by atoms with Crippen LogP contribution in [-0.4, -0.2) is 48.2 Å². The summed E-state index contributed by atoms with van der Waals surface area (Å²) in [4.78, 5) is 13.7. The molecule has 0 aliphatic carbocycles. The number of hydrogen-bond acceptors (Lipinski definition) is 4. The molecule has 1 saturated heterocycles. The van der Waals surface area contributed by atoms with Crippen molar-refractivity contribution in [2.75, 3.05) is 26.3 Å². The largest absolute Gasteiger partial charge is 0.409 e. The van der Waals surface area contributed by atoms with Gasteiger partial charge in [-0.05, 0) is 19.8 Å². The lowest BCUT2D eigenvalue weighted by Gasteiger charge is -2.28. The maximum absolute atomic E-state index is 12.1. The number of oxime groups is 1. The van der Waals surface area contributed by atoms with Crippen molar-refractivity contribution in [3.8, 4) is 0 Å². The van der Waals surface area contributed by atoms with Crippen LogP contribution >= 0.6 is 0 Å². The minimum Gasteiger partial charge on any atom is -0.409 e. The standard InChI is InChI=1S/C10H19N3O3/c1-2-13(7-9(11)12-15)10(14)8-3-5-16-6-4-8/h8,15H,2-7H2,1H3,(H2,11,12). The van der Waals surface area contributed by atoms with E-state index >= 15 is 0 Å². The Morgan fingerprint density at radius 1 is 1.56 bits per heavy atom. The van der Waals surface area contributed by atoms with Crippen LogP contribution in [0.1, 0.15) is 19.8 Å². The van der Waals surface area contributed by atoms with Crippen molar-refractivity contribution in [3.05, 3.63) is 0 Å². The topological polar surface area (TPSA) is 88.1 Å². The Kier molecular flexibility index (Phi) is 5.04. The van der Waals surface area contributed by atoms with Crippen molar-refractivity contribution in [2.45, 2.75) is 19.8 Å². The molecule has 1 aliphatic rings. The molecular formula is C10H19N3O3. The number of ether oxygens (including phenoxy) is 1. The summed E-state index contributed by atoms with van der Waals surface area (Å²) >= 11 is 0. The minimum absolute atomic E-state index is 0.0141. The third-order valence-electron chi connectivity index (χ3n) is 2.75. The van der Waals surface area contributed by atoms with Gasteiger partial charge in [0.15, 0.2) is 5.84 Å². The average Bonchev–Trinajstić information content (AvgIpc) is 2.35. The molecule has 1 aliphatic heterocycles. The molecule has 6 heteroatoms. The van der Waals surface area contributed by atoms with Crippen molar-refractivity contribution in [1.29, 1.82) is 0 Å². The summed E-state index contributed by atoms with van der Waals surface area (Å²) in [5, 5.41) is 11.4. The van der Waals surface area contributed by atoms with E-state index in [4.69, 9.17) is 15.7 Å². The molecule has 0 radical (unpaired) electrons. The summed E-state index contributed by atoms with van der Waals surface area (Å²) in [5.41, 5.74) is 5.40. The fraction of sp³-hybridized carbons (Fsp3) is 0.800. The van der Waals surface area contributed by atoms with Gasteiger partial charge in [-0.1, -0.05) is 5.16 Å². The van der Waals surface area contributed by atoms with Crippen LogP contribution in [0.2, 0.25) is 0 Å². The van der Waals surface area contributed by atoms with Gasteiger partial charge in [0.25, 0.3) is 0 Å². The molecule has 1 rings (SSSR count). The zero-order chi connectivity index (χ0) is 12.0. The summed E-state index contributed by atoms with van der Waals surface area (Å²) in [6.45, 7) is 3.90. The van der Waals surface area contributed by atoms with Gasteiger partial charge in [-0.3, -0.25) is 4.79 Å². The lowest BCUT2D eigenvalue weighted by atomic mass is 9.98. The van der Waals surface area contributed by atoms with Gasteiger partial charge in [-0.15, -0.1) is 0 Å². The summed E-state index contributed by atoms with van der Waals surface area (Å²) in [5.74, 6) is 0.139. The van der Waals surface area contributed by atoms with Gasteiger partial charge in [0, 0.05) is 25.7 Å². The van der Waals surface area contributed by atoms with Gasteiger partial charge in [-0.25, -0.2) is 0 Å². The van der Waals surface area contributed by atoms with Gasteiger partial charge in [0.1, 0.15) is 0 Å². The monoisotopic (exact) mass is 229 g/mol. The number of amides is 1. The Labute approximate surface area is 95.0 Å². The highest BCUT2D eigenvalue weighted by atomic mass is 16.5. The third kappa shape index (κ3) is 3.37. The molecule has 0 aromatic rings. The van der Waals surface area contributed by atoms with Crippen molar-refractivity contribution >= 4 is 11.7 Å². The van der Waals surface area contributed by atoms with Crippen LogP contribution in [0.3, 0.4) is 0 Å². The summed E-state index contributed by atoms with van der Waals surface area (Å²) in [7, 11) is 0. The molecule has 0 bridgehead atoms. The third-order valence-corrected chi connectivity index (χ3v) is 2.75. The molecule has 0 saturated carbocycles. The van der Waals surface area contributed by atoms with Gasteiger partial charge in [-0.2, -0.15) is 0 Å². The van der Waals surface area contributed by atoms with Gasteiger partial charge < -0.3 is 20.6 Å². The van der Waals surface area contributed by atoms with Crippen LogP contribution in [0, 0.1) is 5.92 Å². The predicted octanol–water partition coefficient (Wildman–Crippen LogP) is 0.00790. The first-order valence-electron chi connectivity index (χ1n) is 5.52. The number of rotatable bonds is 4. The molecule has 16 heavy (non-hydrogen) atoms. The number of nitrogens with zero attached hydrogens (tertiary/aromatic N) is 2. The lowest BCUT2D eigenvalue weighted by Crippen LogP contribution is -2.43. The Balaban J connectivity index is 2.54. The molecular weight excluding hydrogens is 210 g/mol. The number of carbonyl (C=O) groups excluding carboxylic acids is 1. The summed E-state index contributed by atoms with van der Waals surface area (Å²) in [6, 6.07) is 0. The number of likely N-dealkylation sites (N-methyl/N-ethyl adjacent to an activating group) is 1. The first kappa shape index (κ1) is 12.8. The highest BCUT2D eigenvalue weighted by Crippen LogP contribution is 2.17. The van der Waals surface area contributed by atoms with Gasteiger partial charge >= 0.3 is 0 Å². The van der Waals surface area contributed by atoms with E-state index in [1.165, 1.54) is 0 Å². The van der Waals surface area contributed by atoms with Crippen LogP contribution in [0.4, 0.5) is 0 Å². The molecule has 0 unspecified atom stereocenters. The van der Waals surface area contributed by atoms with E-state index in [0.29, 0.717) is 19.8 Å². The molecule has 0 spiro atoms. The van der Waals surface area contributed by atoms with Crippen LogP contribution < -0.4 is 5.73 Å². The first-order chi connectivity index (χ1) is 7.69.